The molecule has 5 aromatic rings. The molecule has 3 heterocycles. The lowest BCUT2D eigenvalue weighted by molar-refractivity contribution is -0.605. The summed E-state index contributed by atoms with van der Waals surface area (Å²) in [7, 11) is 0. The molecule has 0 spiro atoms. The zero-order chi connectivity index (χ0) is 22.2. The number of imidazole rings is 2. The molecule has 0 amide bonds. The third-order valence-corrected chi connectivity index (χ3v) is 5.83. The molecule has 0 bridgehead atoms. The molecule has 158 valence electrons. The normalized spacial score (nSPS) is 11.1. The van der Waals surface area contributed by atoms with Gasteiger partial charge in [-0.05, 0) is 49.9 Å². The average Bonchev–Trinajstić information content (AvgIpc) is 3.44. The van der Waals surface area contributed by atoms with Gasteiger partial charge in [0.05, 0.1) is 22.6 Å². The Labute approximate surface area is 187 Å². The van der Waals surface area contributed by atoms with Gasteiger partial charge in [-0.25, -0.2) is 18.3 Å². The highest BCUT2D eigenvalue weighted by atomic mass is 15.3. The van der Waals surface area contributed by atoms with Crippen LogP contribution in [-0.2, 0) is 0 Å². The smallest absolute Gasteiger partial charge is 0.236 e. The number of para-hydroxylation sites is 2. The van der Waals surface area contributed by atoms with Crippen molar-refractivity contribution in [3.63, 3.8) is 0 Å². The number of aryl methyl sites for hydroxylation is 4. The van der Waals surface area contributed by atoms with Crippen molar-refractivity contribution in [2.45, 2.75) is 27.7 Å². The number of hydrogen-bond acceptors (Lipinski definition) is 2. The molecule has 5 rings (SSSR count). The molecule has 32 heavy (non-hydrogen) atoms. The van der Waals surface area contributed by atoms with E-state index >= 15 is 0 Å². The van der Waals surface area contributed by atoms with Gasteiger partial charge in [0.1, 0.15) is 23.8 Å². The van der Waals surface area contributed by atoms with Crippen LogP contribution >= 0.6 is 0 Å². The molecule has 0 aliphatic rings. The number of benzene rings is 2. The summed E-state index contributed by atoms with van der Waals surface area (Å²) in [4.78, 5) is 0. The maximum atomic E-state index is 4.46. The van der Waals surface area contributed by atoms with E-state index in [0.29, 0.717) is 0 Å². The van der Waals surface area contributed by atoms with Gasteiger partial charge >= 0.3 is 11.6 Å². The van der Waals surface area contributed by atoms with Gasteiger partial charge in [-0.15, -0.1) is 0 Å². The summed E-state index contributed by atoms with van der Waals surface area (Å²) in [5.41, 5.74) is 7.33. The van der Waals surface area contributed by atoms with Gasteiger partial charge in [0.15, 0.2) is 12.7 Å². The van der Waals surface area contributed by atoms with Crippen LogP contribution in [-0.4, -0.2) is 19.3 Å². The monoisotopic (exact) mass is 422 g/mol. The van der Waals surface area contributed by atoms with Crippen LogP contribution in [0.1, 0.15) is 22.3 Å². The Morgan fingerprint density at radius 3 is 1.28 bits per heavy atom. The second kappa shape index (κ2) is 7.89. The number of rotatable bonds is 4. The zero-order valence-electron chi connectivity index (χ0n) is 18.8. The van der Waals surface area contributed by atoms with Crippen LogP contribution in [0.5, 0.6) is 0 Å². The molecule has 0 aliphatic carbocycles. The summed E-state index contributed by atoms with van der Waals surface area (Å²) in [6, 6.07) is 16.7. The van der Waals surface area contributed by atoms with E-state index in [-0.39, 0.29) is 0 Å². The maximum absolute atomic E-state index is 4.46. The lowest BCUT2D eigenvalue weighted by Crippen LogP contribution is -2.33. The van der Waals surface area contributed by atoms with Crippen LogP contribution in [0, 0.1) is 27.7 Å². The van der Waals surface area contributed by atoms with Crippen molar-refractivity contribution >= 4 is 0 Å². The summed E-state index contributed by atoms with van der Waals surface area (Å²) in [6.07, 6.45) is 12.2. The number of hydrogen-bond donors (Lipinski definition) is 0. The molecule has 6 nitrogen and oxygen atoms in total. The predicted octanol–water partition coefficient (Wildman–Crippen LogP) is 3.85. The predicted molar refractivity (Wildman–Crippen MR) is 123 cm³/mol. The van der Waals surface area contributed by atoms with Crippen LogP contribution < -0.4 is 9.13 Å². The van der Waals surface area contributed by atoms with Crippen LogP contribution in [0.4, 0.5) is 0 Å². The van der Waals surface area contributed by atoms with Gasteiger partial charge in [0.25, 0.3) is 0 Å². The molecule has 3 aromatic heterocycles. The van der Waals surface area contributed by atoms with E-state index in [9.17, 15) is 0 Å². The number of aromatic nitrogens is 6. The fourth-order valence-electron chi connectivity index (χ4n) is 4.26. The van der Waals surface area contributed by atoms with Crippen molar-refractivity contribution in [2.75, 3.05) is 0 Å². The Balaban J connectivity index is 1.43. The average molecular weight is 423 g/mol. The molecule has 0 atom stereocenters. The highest BCUT2D eigenvalue weighted by molar-refractivity contribution is 5.47. The van der Waals surface area contributed by atoms with Gasteiger partial charge in [-0.2, -0.15) is 0 Å². The second-order valence-corrected chi connectivity index (χ2v) is 8.19. The molecular weight excluding hydrogens is 396 g/mol. The van der Waals surface area contributed by atoms with Crippen molar-refractivity contribution in [2.24, 2.45) is 0 Å². The third kappa shape index (κ3) is 3.50. The molecule has 0 N–H and O–H groups in total. The molecule has 0 unspecified atom stereocenters. The summed E-state index contributed by atoms with van der Waals surface area (Å²) in [6.45, 7) is 8.51. The van der Waals surface area contributed by atoms with Crippen LogP contribution in [0.3, 0.4) is 0 Å². The van der Waals surface area contributed by atoms with Gasteiger partial charge in [-0.1, -0.05) is 36.4 Å². The fraction of sp³-hybridized carbons (Fsp3) is 0.154. The first-order chi connectivity index (χ1) is 15.5. The highest BCUT2D eigenvalue weighted by Gasteiger charge is 2.17. The molecule has 0 saturated heterocycles. The quantitative estimate of drug-likeness (QED) is 0.413. The van der Waals surface area contributed by atoms with E-state index in [4.69, 9.17) is 0 Å². The standard InChI is InChI=1S/C26H26N6/c1-19-7-5-8-20(2)25(19)31-15-13-29(17-31)23-11-12-24(28-27-23)30-14-16-32(18-30)26-21(3)9-6-10-22(26)4/h5-18H,1-4H3/q+2. The summed E-state index contributed by atoms with van der Waals surface area (Å²) >= 11 is 0. The Kier molecular flexibility index (Phi) is 4.90. The van der Waals surface area contributed by atoms with Crippen molar-refractivity contribution < 1.29 is 9.13 Å². The first-order valence-corrected chi connectivity index (χ1v) is 10.7. The van der Waals surface area contributed by atoms with E-state index in [1.54, 1.807) is 0 Å². The SMILES string of the molecule is Cc1cccc(C)c1-n1cc[n+](-c2ccc(-[n+]3ccn(-c4c(C)cccc4C)c3)nn2)c1. The Morgan fingerprint density at radius 1 is 0.562 bits per heavy atom. The minimum Gasteiger partial charge on any atom is -0.236 e. The van der Waals surface area contributed by atoms with Crippen molar-refractivity contribution in [1.82, 2.24) is 19.3 Å². The van der Waals surface area contributed by atoms with E-state index < -0.39 is 0 Å². The van der Waals surface area contributed by atoms with E-state index in [1.165, 1.54) is 33.6 Å². The minimum absolute atomic E-state index is 0.772. The summed E-state index contributed by atoms with van der Waals surface area (Å²) < 4.78 is 8.21. The van der Waals surface area contributed by atoms with Gasteiger partial charge < -0.3 is 0 Å². The molecule has 2 aromatic carbocycles. The van der Waals surface area contributed by atoms with Crippen molar-refractivity contribution in [3.05, 3.63) is 108 Å². The van der Waals surface area contributed by atoms with Gasteiger partial charge in [0, 0.05) is 12.1 Å². The lowest BCUT2D eigenvalue weighted by atomic mass is 10.1. The molecule has 0 aliphatic heterocycles. The second-order valence-electron chi connectivity index (χ2n) is 8.19. The molecule has 6 heteroatoms. The highest BCUT2D eigenvalue weighted by Crippen LogP contribution is 2.19. The van der Waals surface area contributed by atoms with E-state index in [0.717, 1.165) is 11.6 Å². The molecule has 0 fully saturated rings. The third-order valence-electron chi connectivity index (χ3n) is 5.83. The zero-order valence-corrected chi connectivity index (χ0v) is 18.8. The van der Waals surface area contributed by atoms with Crippen molar-refractivity contribution in [3.8, 4) is 23.0 Å². The molecule has 0 saturated carbocycles. The minimum atomic E-state index is 0.772. The molecule has 0 radical (unpaired) electrons. The number of nitrogens with zero attached hydrogens (tertiary/aromatic N) is 6. The van der Waals surface area contributed by atoms with E-state index in [2.05, 4.69) is 83.4 Å². The topological polar surface area (TPSA) is 43.4 Å². The van der Waals surface area contributed by atoms with Crippen molar-refractivity contribution in [1.29, 1.82) is 0 Å². The molecular formula is C26H26N6+2. The van der Waals surface area contributed by atoms with Crippen LogP contribution in [0.25, 0.3) is 23.0 Å². The van der Waals surface area contributed by atoms with Crippen LogP contribution in [0.15, 0.2) is 86.0 Å². The first-order valence-electron chi connectivity index (χ1n) is 10.7. The largest absolute Gasteiger partial charge is 0.310 e. The summed E-state index contributed by atoms with van der Waals surface area (Å²) in [5, 5.41) is 8.93. The first kappa shape index (κ1) is 19.9. The van der Waals surface area contributed by atoms with Gasteiger partial charge in [-0.3, -0.25) is 0 Å². The fourth-order valence-corrected chi connectivity index (χ4v) is 4.26. The Morgan fingerprint density at radius 2 is 0.938 bits per heavy atom. The Hall–Kier alpha value is -4.06. The van der Waals surface area contributed by atoms with Crippen LogP contribution in [0.2, 0.25) is 0 Å². The van der Waals surface area contributed by atoms with Gasteiger partial charge in [0.2, 0.25) is 0 Å². The summed E-state index contributed by atoms with van der Waals surface area (Å²) in [5.74, 6) is 1.54. The maximum Gasteiger partial charge on any atom is 0.310 e. The lowest BCUT2D eigenvalue weighted by Gasteiger charge is -2.06. The Bertz CT molecular complexity index is 1260. The van der Waals surface area contributed by atoms with E-state index in [1.807, 2.05) is 58.7 Å².